The molecule has 1 atom stereocenters. The topological polar surface area (TPSA) is 46.1 Å². The molecular weight excluding hydrogens is 298 g/mol. The summed E-state index contributed by atoms with van der Waals surface area (Å²) in [5.41, 5.74) is 0.973. The Kier molecular flexibility index (Phi) is 8.24. The lowest BCUT2D eigenvalue weighted by atomic mass is 9.96. The number of hydrogen-bond acceptors (Lipinski definition) is 2. The number of aliphatic hydroxyl groups excluding tert-OH is 1. The van der Waals surface area contributed by atoms with Gasteiger partial charge >= 0.3 is 0 Å². The number of hydrogen-bond donors (Lipinski definition) is 2. The summed E-state index contributed by atoms with van der Waals surface area (Å²) >= 11 is 6.08. The van der Waals surface area contributed by atoms with E-state index < -0.39 is 6.10 Å². The monoisotopic (exact) mass is 326 g/mol. The van der Waals surface area contributed by atoms with Crippen LogP contribution in [0.5, 0.6) is 0 Å². The first-order valence-corrected chi connectivity index (χ1v) is 8.96. The molecule has 0 aromatic heterocycles. The van der Waals surface area contributed by atoms with Gasteiger partial charge in [0.2, 0.25) is 0 Å². The number of benzene rings is 1. The Balaban J connectivity index is 1.61. The summed E-state index contributed by atoms with van der Waals surface area (Å²) in [6.45, 7) is 1.56. The van der Waals surface area contributed by atoms with Gasteiger partial charge in [0.25, 0.3) is 0 Å². The Bertz CT molecular complexity index is 419. The molecule has 1 aromatic rings. The van der Waals surface area contributed by atoms with Crippen LogP contribution in [0.3, 0.4) is 0 Å². The van der Waals surface area contributed by atoms with E-state index in [1.165, 1.54) is 44.9 Å². The van der Waals surface area contributed by atoms with Crippen molar-refractivity contribution in [2.45, 2.75) is 63.7 Å². The van der Waals surface area contributed by atoms with Crippen molar-refractivity contribution in [1.82, 2.24) is 0 Å². The van der Waals surface area contributed by atoms with Crippen LogP contribution in [0.1, 0.15) is 50.5 Å². The summed E-state index contributed by atoms with van der Waals surface area (Å²) in [4.78, 5) is 0. The SMILES string of the molecule is O[C@@H](C[NH2+]C1CCCCCCC1)COCc1ccccc1Cl. The van der Waals surface area contributed by atoms with Crippen molar-refractivity contribution in [3.63, 3.8) is 0 Å². The lowest BCUT2D eigenvalue weighted by molar-refractivity contribution is -0.696. The number of ether oxygens (including phenoxy) is 1. The summed E-state index contributed by atoms with van der Waals surface area (Å²) in [5, 5.41) is 13.1. The van der Waals surface area contributed by atoms with Crippen molar-refractivity contribution in [3.8, 4) is 0 Å². The second kappa shape index (κ2) is 10.2. The minimum absolute atomic E-state index is 0.369. The van der Waals surface area contributed by atoms with Crippen LogP contribution in [-0.4, -0.2) is 30.4 Å². The van der Waals surface area contributed by atoms with Crippen molar-refractivity contribution in [2.24, 2.45) is 0 Å². The van der Waals surface area contributed by atoms with Gasteiger partial charge in [0.15, 0.2) is 0 Å². The molecule has 3 nitrogen and oxygen atoms in total. The zero-order chi connectivity index (χ0) is 15.6. The molecule has 1 saturated carbocycles. The number of halogens is 1. The number of rotatable bonds is 7. The molecule has 2 rings (SSSR count). The lowest BCUT2D eigenvalue weighted by Crippen LogP contribution is -2.92. The molecule has 0 unspecified atom stereocenters. The van der Waals surface area contributed by atoms with Gasteiger partial charge in [0, 0.05) is 5.02 Å². The Morgan fingerprint density at radius 1 is 1.14 bits per heavy atom. The molecule has 0 bridgehead atoms. The smallest absolute Gasteiger partial charge is 0.126 e. The molecule has 0 amide bonds. The van der Waals surface area contributed by atoms with Crippen LogP contribution in [0.25, 0.3) is 0 Å². The maximum Gasteiger partial charge on any atom is 0.126 e. The van der Waals surface area contributed by atoms with E-state index in [9.17, 15) is 5.11 Å². The number of nitrogens with two attached hydrogens (primary N) is 1. The third-order valence-corrected chi connectivity index (χ3v) is 4.79. The van der Waals surface area contributed by atoms with Crippen LogP contribution in [0.2, 0.25) is 5.02 Å². The average Bonchev–Trinajstić information content (AvgIpc) is 2.48. The molecule has 124 valence electrons. The van der Waals surface area contributed by atoms with Crippen molar-refractivity contribution < 1.29 is 15.2 Å². The highest BCUT2D eigenvalue weighted by Crippen LogP contribution is 2.16. The average molecular weight is 327 g/mol. The van der Waals surface area contributed by atoms with Crippen LogP contribution >= 0.6 is 11.6 Å². The summed E-state index contributed by atoms with van der Waals surface area (Å²) in [5.74, 6) is 0. The molecule has 3 N–H and O–H groups in total. The fraction of sp³-hybridized carbons (Fsp3) is 0.667. The summed E-state index contributed by atoms with van der Waals surface area (Å²) in [7, 11) is 0. The molecule has 1 aromatic carbocycles. The fourth-order valence-corrected chi connectivity index (χ4v) is 3.25. The first-order valence-electron chi connectivity index (χ1n) is 8.58. The quantitative estimate of drug-likeness (QED) is 0.809. The van der Waals surface area contributed by atoms with E-state index in [0.29, 0.717) is 19.3 Å². The molecule has 0 heterocycles. The van der Waals surface area contributed by atoms with E-state index in [4.69, 9.17) is 16.3 Å². The number of quaternary nitrogens is 1. The zero-order valence-corrected chi connectivity index (χ0v) is 14.1. The van der Waals surface area contributed by atoms with Gasteiger partial charge in [-0.25, -0.2) is 0 Å². The second-order valence-corrected chi connectivity index (χ2v) is 6.74. The van der Waals surface area contributed by atoms with E-state index in [0.717, 1.165) is 17.1 Å². The summed E-state index contributed by atoms with van der Waals surface area (Å²) in [6, 6.07) is 8.35. The Morgan fingerprint density at radius 3 is 2.55 bits per heavy atom. The second-order valence-electron chi connectivity index (χ2n) is 6.34. The Morgan fingerprint density at radius 2 is 1.82 bits per heavy atom. The van der Waals surface area contributed by atoms with Gasteiger partial charge in [0.05, 0.1) is 19.3 Å². The number of aliphatic hydroxyl groups is 1. The van der Waals surface area contributed by atoms with E-state index in [-0.39, 0.29) is 0 Å². The molecule has 0 spiro atoms. The van der Waals surface area contributed by atoms with E-state index in [1.807, 2.05) is 24.3 Å². The predicted molar refractivity (Wildman–Crippen MR) is 90.0 cm³/mol. The lowest BCUT2D eigenvalue weighted by Gasteiger charge is -2.20. The molecular formula is C18H29ClNO2+. The van der Waals surface area contributed by atoms with Gasteiger partial charge in [-0.2, -0.15) is 0 Å². The molecule has 22 heavy (non-hydrogen) atoms. The predicted octanol–water partition coefficient (Wildman–Crippen LogP) is 2.89. The highest BCUT2D eigenvalue weighted by Gasteiger charge is 2.16. The van der Waals surface area contributed by atoms with E-state index in [1.54, 1.807) is 0 Å². The van der Waals surface area contributed by atoms with Gasteiger partial charge in [-0.05, 0) is 37.3 Å². The van der Waals surface area contributed by atoms with Crippen LogP contribution in [0.15, 0.2) is 24.3 Å². The van der Waals surface area contributed by atoms with Crippen molar-refractivity contribution in [2.75, 3.05) is 13.2 Å². The standard InChI is InChI=1S/C18H28ClNO2/c19-18-11-7-6-8-15(18)13-22-14-17(21)12-20-16-9-4-2-1-3-5-10-16/h6-8,11,16-17,20-21H,1-5,9-10,12-14H2/p+1/t17-/m0/s1. The van der Waals surface area contributed by atoms with E-state index >= 15 is 0 Å². The summed E-state index contributed by atoms with van der Waals surface area (Å²) < 4.78 is 5.59. The zero-order valence-electron chi connectivity index (χ0n) is 13.3. The van der Waals surface area contributed by atoms with E-state index in [2.05, 4.69) is 5.32 Å². The van der Waals surface area contributed by atoms with Crippen LogP contribution in [-0.2, 0) is 11.3 Å². The minimum atomic E-state index is -0.409. The fourth-order valence-electron chi connectivity index (χ4n) is 3.06. The maximum atomic E-state index is 10.1. The molecule has 1 fully saturated rings. The first kappa shape index (κ1) is 17.7. The molecule has 0 saturated heterocycles. The summed E-state index contributed by atoms with van der Waals surface area (Å²) in [6.07, 6.45) is 8.96. The van der Waals surface area contributed by atoms with Gasteiger partial charge in [0.1, 0.15) is 12.6 Å². The van der Waals surface area contributed by atoms with Crippen molar-refractivity contribution >= 4 is 11.6 Å². The van der Waals surface area contributed by atoms with Gasteiger partial charge < -0.3 is 15.2 Å². The van der Waals surface area contributed by atoms with Gasteiger partial charge in [-0.15, -0.1) is 0 Å². The molecule has 0 aliphatic heterocycles. The van der Waals surface area contributed by atoms with Crippen LogP contribution < -0.4 is 5.32 Å². The highest BCUT2D eigenvalue weighted by molar-refractivity contribution is 6.31. The van der Waals surface area contributed by atoms with Crippen molar-refractivity contribution in [1.29, 1.82) is 0 Å². The molecule has 4 heteroatoms. The van der Waals surface area contributed by atoms with Crippen molar-refractivity contribution in [3.05, 3.63) is 34.9 Å². The first-order chi connectivity index (χ1) is 10.8. The Hall–Kier alpha value is -0.610. The largest absolute Gasteiger partial charge is 0.385 e. The van der Waals surface area contributed by atoms with Crippen LogP contribution in [0, 0.1) is 0 Å². The van der Waals surface area contributed by atoms with Gasteiger partial charge in [-0.3, -0.25) is 0 Å². The highest BCUT2D eigenvalue weighted by atomic mass is 35.5. The minimum Gasteiger partial charge on any atom is -0.385 e. The molecule has 1 aliphatic rings. The third kappa shape index (κ3) is 6.66. The molecule has 0 radical (unpaired) electrons. The third-order valence-electron chi connectivity index (χ3n) is 4.42. The maximum absolute atomic E-state index is 10.1. The van der Waals surface area contributed by atoms with Crippen LogP contribution in [0.4, 0.5) is 0 Å². The molecule has 1 aliphatic carbocycles. The Labute approximate surface area is 139 Å². The normalized spacial score (nSPS) is 18.6. The van der Waals surface area contributed by atoms with Gasteiger partial charge in [-0.1, -0.05) is 49.1 Å².